The number of para-hydroxylation sites is 1. The van der Waals surface area contributed by atoms with Crippen LogP contribution in [0, 0.1) is 0 Å². The van der Waals surface area contributed by atoms with Crippen LogP contribution in [0.2, 0.25) is 0 Å². The molecule has 3 N–H and O–H groups in total. The largest absolute Gasteiger partial charge is 1.00 e. The van der Waals surface area contributed by atoms with Crippen molar-refractivity contribution in [2.45, 2.75) is 0 Å². The van der Waals surface area contributed by atoms with Crippen molar-refractivity contribution in [2.75, 3.05) is 5.73 Å². The second-order valence-electron chi connectivity index (χ2n) is 3.34. The summed E-state index contributed by atoms with van der Waals surface area (Å²) in [5.41, 5.74) is 6.51. The molecule has 8 nitrogen and oxygen atoms in total. The van der Waals surface area contributed by atoms with Crippen molar-refractivity contribution in [1.82, 2.24) is 4.68 Å². The highest BCUT2D eigenvalue weighted by Crippen LogP contribution is 2.00. The first kappa shape index (κ1) is 14.8. The van der Waals surface area contributed by atoms with Gasteiger partial charge in [-0.2, -0.15) is 0 Å². The van der Waals surface area contributed by atoms with E-state index in [9.17, 15) is 4.79 Å². The molecule has 0 spiro atoms. The van der Waals surface area contributed by atoms with E-state index in [4.69, 9.17) is 23.3 Å². The number of nitrogens with one attached hydrogen (secondary N) is 1. The quantitative estimate of drug-likeness (QED) is 0.526. The summed E-state index contributed by atoms with van der Waals surface area (Å²) in [7, 11) is -5.17. The standard InChI is InChI=1S/C10H9N3O.H2O4S/c11-8-6-10(14)13(12-7-8)9-4-2-1-3-5-9;1-5(2,3)4/h1-7H,11H2;(H2,1,2,3,4). The van der Waals surface area contributed by atoms with Crippen molar-refractivity contribution in [2.24, 2.45) is 0 Å². The van der Waals surface area contributed by atoms with Crippen LogP contribution >= 0.6 is 0 Å². The van der Waals surface area contributed by atoms with Gasteiger partial charge in [-0.1, -0.05) is 22.9 Å². The lowest BCUT2D eigenvalue weighted by molar-refractivity contribution is -0.481. The first-order valence-corrected chi connectivity index (χ1v) is 6.23. The number of hydrogen-bond acceptors (Lipinski definition) is 6. The highest BCUT2D eigenvalue weighted by Gasteiger charge is 2.04. The van der Waals surface area contributed by atoms with Crippen molar-refractivity contribution in [3.8, 4) is 5.69 Å². The Morgan fingerprint density at radius 3 is 2.21 bits per heavy atom. The molecule has 0 unspecified atom stereocenters. The zero-order valence-electron chi connectivity index (χ0n) is 10.5. The number of aromatic nitrogens is 2. The smallest absolute Gasteiger partial charge is 0.759 e. The summed E-state index contributed by atoms with van der Waals surface area (Å²) in [6.07, 6.45) is 1.58. The number of nitrogens with zero attached hydrogens (tertiary/aromatic N) is 1. The normalized spacial score (nSPS) is 10.4. The summed E-state index contributed by atoms with van der Waals surface area (Å²) in [5.74, 6) is 0. The van der Waals surface area contributed by atoms with Crippen LogP contribution in [0.15, 0.2) is 47.4 Å². The van der Waals surface area contributed by atoms with Crippen LogP contribution in [0.3, 0.4) is 0 Å². The monoisotopic (exact) mass is 285 g/mol. The lowest BCUT2D eigenvalue weighted by Crippen LogP contribution is -2.33. The van der Waals surface area contributed by atoms with Gasteiger partial charge in [0.05, 0.1) is 0 Å². The number of H-pyrrole nitrogens is 1. The van der Waals surface area contributed by atoms with Gasteiger partial charge in [-0.25, -0.2) is 0 Å². The van der Waals surface area contributed by atoms with E-state index in [0.29, 0.717) is 5.69 Å². The molecule has 0 aliphatic heterocycles. The Morgan fingerprint density at radius 2 is 1.74 bits per heavy atom. The number of rotatable bonds is 1. The van der Waals surface area contributed by atoms with Gasteiger partial charge < -0.3 is 14.8 Å². The van der Waals surface area contributed by atoms with E-state index in [0.717, 1.165) is 5.69 Å². The highest BCUT2D eigenvalue weighted by molar-refractivity contribution is 7.79. The van der Waals surface area contributed by atoms with Crippen molar-refractivity contribution < 1.29 is 24.0 Å². The van der Waals surface area contributed by atoms with Crippen LogP contribution in [0.5, 0.6) is 0 Å². The van der Waals surface area contributed by atoms with E-state index in [1.54, 1.807) is 6.20 Å². The minimum Gasteiger partial charge on any atom is -0.759 e. The van der Waals surface area contributed by atoms with Gasteiger partial charge in [0.1, 0.15) is 11.4 Å². The maximum Gasteiger partial charge on any atom is 1.00 e. The number of aromatic amines is 1. The van der Waals surface area contributed by atoms with Gasteiger partial charge in [0.15, 0.2) is 0 Å². The van der Waals surface area contributed by atoms with Crippen LogP contribution in [0.1, 0.15) is 1.43 Å². The first-order chi connectivity index (χ1) is 8.77. The fourth-order valence-electron chi connectivity index (χ4n) is 1.23. The third kappa shape index (κ3) is 5.77. The SMILES string of the molecule is Nc1c[nH+]n(-c2ccccc2)c(=O)c1.O=S(=O)([O-])[O-].[H+]. The van der Waals surface area contributed by atoms with Crippen molar-refractivity contribution >= 4 is 16.1 Å². The van der Waals surface area contributed by atoms with E-state index in [1.165, 1.54) is 10.7 Å². The number of nitrogens with two attached hydrogens (primary N) is 1. The maximum atomic E-state index is 11.5. The molecule has 0 amide bonds. The predicted octanol–water partition coefficient (Wildman–Crippen LogP) is -0.992. The Hall–Kier alpha value is -2.23. The average molecular weight is 285 g/mol. The molecule has 0 fully saturated rings. The Bertz CT molecular complexity index is 694. The van der Waals surface area contributed by atoms with E-state index in [1.807, 2.05) is 30.3 Å². The minimum absolute atomic E-state index is 0. The number of benzene rings is 1. The van der Waals surface area contributed by atoms with Crippen LogP contribution < -0.4 is 16.4 Å². The van der Waals surface area contributed by atoms with Crippen LogP contribution in [-0.2, 0) is 10.4 Å². The molecule has 0 atom stereocenters. The summed E-state index contributed by atoms with van der Waals surface area (Å²) in [5, 5.41) is 2.80. The molecule has 0 saturated carbocycles. The zero-order valence-corrected chi connectivity index (χ0v) is 10.3. The number of hydrogen-bond donors (Lipinski definition) is 1. The molecule has 0 bridgehead atoms. The third-order valence-corrected chi connectivity index (χ3v) is 1.89. The molecule has 0 aliphatic carbocycles. The molecule has 1 aromatic heterocycles. The predicted molar refractivity (Wildman–Crippen MR) is 64.6 cm³/mol. The molecule has 102 valence electrons. The van der Waals surface area contributed by atoms with Crippen LogP contribution in [-0.4, -0.2) is 22.2 Å². The van der Waals surface area contributed by atoms with E-state index in [2.05, 4.69) is 5.10 Å². The summed E-state index contributed by atoms with van der Waals surface area (Å²) < 4.78 is 35.5. The summed E-state index contributed by atoms with van der Waals surface area (Å²) in [6.45, 7) is 0. The van der Waals surface area contributed by atoms with E-state index < -0.39 is 10.4 Å². The number of anilines is 1. The van der Waals surface area contributed by atoms with Gasteiger partial charge in [0.2, 0.25) is 6.20 Å². The Labute approximate surface area is 110 Å². The van der Waals surface area contributed by atoms with Crippen molar-refractivity contribution in [3.05, 3.63) is 52.9 Å². The average Bonchev–Trinajstić information content (AvgIpc) is 2.28. The van der Waals surface area contributed by atoms with Crippen molar-refractivity contribution in [1.29, 1.82) is 0 Å². The van der Waals surface area contributed by atoms with Gasteiger partial charge in [-0.05, 0) is 12.1 Å². The van der Waals surface area contributed by atoms with Gasteiger partial charge in [-0.3, -0.25) is 13.2 Å². The van der Waals surface area contributed by atoms with Gasteiger partial charge in [0.25, 0.3) is 0 Å². The highest BCUT2D eigenvalue weighted by atomic mass is 32.3. The lowest BCUT2D eigenvalue weighted by Gasteiger charge is -2.06. The summed E-state index contributed by atoms with van der Waals surface area (Å²) in [4.78, 5) is 11.5. The molecule has 2 aromatic rings. The van der Waals surface area contributed by atoms with E-state index in [-0.39, 0.29) is 6.99 Å². The molecule has 9 heteroatoms. The second-order valence-corrected chi connectivity index (χ2v) is 4.15. The number of nitrogen functional groups attached to an aromatic ring is 1. The third-order valence-electron chi connectivity index (χ3n) is 1.89. The fourth-order valence-corrected chi connectivity index (χ4v) is 1.23. The first-order valence-electron chi connectivity index (χ1n) is 4.90. The molecule has 1 aromatic carbocycles. The Morgan fingerprint density at radius 1 is 1.21 bits per heavy atom. The maximum absolute atomic E-state index is 11.5. The Balaban J connectivity index is 0.000000526. The van der Waals surface area contributed by atoms with Gasteiger partial charge in [0, 0.05) is 16.5 Å². The second kappa shape index (κ2) is 6.09. The molecular weight excluding hydrogens is 274 g/mol. The van der Waals surface area contributed by atoms with Crippen molar-refractivity contribution in [3.63, 3.8) is 0 Å². The van der Waals surface area contributed by atoms with Gasteiger partial charge in [-0.15, -0.1) is 5.10 Å². The molecule has 0 radical (unpaired) electrons. The van der Waals surface area contributed by atoms with Crippen LogP contribution in [0.4, 0.5) is 5.69 Å². The summed E-state index contributed by atoms with van der Waals surface area (Å²) in [6, 6.07) is 10.7. The van der Waals surface area contributed by atoms with Crippen LogP contribution in [0.25, 0.3) is 5.69 Å². The summed E-state index contributed by atoms with van der Waals surface area (Å²) >= 11 is 0. The molecule has 2 rings (SSSR count). The Kier molecular flexibility index (Phi) is 4.75. The fraction of sp³-hybridized carbons (Fsp3) is 0. The minimum atomic E-state index is -5.17. The molecule has 19 heavy (non-hydrogen) atoms. The molecule has 1 heterocycles. The van der Waals surface area contributed by atoms with Gasteiger partial charge >= 0.3 is 6.99 Å². The molecular formula is C10H11N3O5S. The molecule has 0 saturated heterocycles. The zero-order chi connectivity index (χ0) is 14.5. The molecule has 0 aliphatic rings. The van der Waals surface area contributed by atoms with E-state index >= 15 is 0 Å². The lowest BCUT2D eigenvalue weighted by atomic mass is 10.3. The topological polar surface area (TPSA) is 142 Å².